The van der Waals surface area contributed by atoms with Crippen LogP contribution < -0.4 is 5.32 Å². The van der Waals surface area contributed by atoms with Crippen LogP contribution in [0.3, 0.4) is 0 Å². The Morgan fingerprint density at radius 2 is 1.97 bits per heavy atom. The first-order valence-corrected chi connectivity index (χ1v) is 11.3. The van der Waals surface area contributed by atoms with Gasteiger partial charge in [0.25, 0.3) is 0 Å². The number of aromatic nitrogens is 7. The van der Waals surface area contributed by atoms with E-state index in [0.717, 1.165) is 16.9 Å². The molecule has 0 aromatic carbocycles. The van der Waals surface area contributed by atoms with Crippen LogP contribution in [-0.2, 0) is 25.6 Å². The van der Waals surface area contributed by atoms with E-state index in [1.807, 2.05) is 36.0 Å². The van der Waals surface area contributed by atoms with Gasteiger partial charge >= 0.3 is 6.18 Å². The van der Waals surface area contributed by atoms with Crippen LogP contribution in [0.25, 0.3) is 22.6 Å². The predicted molar refractivity (Wildman–Crippen MR) is 120 cm³/mol. The fourth-order valence-electron chi connectivity index (χ4n) is 4.82. The molecule has 12 heteroatoms. The zero-order chi connectivity index (χ0) is 23.7. The van der Waals surface area contributed by atoms with Gasteiger partial charge in [-0.15, -0.1) is 10.2 Å². The lowest BCUT2D eigenvalue weighted by atomic mass is 9.67. The summed E-state index contributed by atoms with van der Waals surface area (Å²) in [7, 11) is 1.82. The van der Waals surface area contributed by atoms with Crippen LogP contribution in [0.1, 0.15) is 25.1 Å². The maximum atomic E-state index is 13.9. The van der Waals surface area contributed by atoms with Crippen molar-refractivity contribution in [3.63, 3.8) is 0 Å². The fraction of sp³-hybridized carbons (Fsp3) is 0.364. The number of alkyl halides is 3. The van der Waals surface area contributed by atoms with Crippen LogP contribution in [0.2, 0.25) is 5.02 Å². The summed E-state index contributed by atoms with van der Waals surface area (Å²) in [6.45, 7) is 0.901. The zero-order valence-electron chi connectivity index (χ0n) is 18.1. The SMILES string of the molecule is Cn1nccc1Nc1cc(-c2cc3n(c2)CCn2c-3nnc2C2(C(F)(F)F)CCC2)c(Cl)cn1. The molecule has 0 spiro atoms. The molecule has 0 atom stereocenters. The highest BCUT2D eigenvalue weighted by molar-refractivity contribution is 6.33. The van der Waals surface area contributed by atoms with Gasteiger partial charge in [0.15, 0.2) is 5.82 Å². The zero-order valence-corrected chi connectivity index (χ0v) is 18.9. The Morgan fingerprint density at radius 1 is 1.15 bits per heavy atom. The molecule has 4 aromatic heterocycles. The average molecular weight is 489 g/mol. The topological polar surface area (TPSA) is 78.4 Å². The van der Waals surface area contributed by atoms with Crippen LogP contribution >= 0.6 is 11.6 Å². The van der Waals surface area contributed by atoms with E-state index < -0.39 is 11.6 Å². The molecule has 0 unspecified atom stereocenters. The Balaban J connectivity index is 1.38. The summed E-state index contributed by atoms with van der Waals surface area (Å²) in [5.74, 6) is 1.84. The highest BCUT2D eigenvalue weighted by Crippen LogP contribution is 2.54. The normalized spacial score (nSPS) is 16.6. The lowest BCUT2D eigenvalue weighted by molar-refractivity contribution is -0.216. The summed E-state index contributed by atoms with van der Waals surface area (Å²) in [4.78, 5) is 4.34. The molecule has 2 aliphatic rings. The molecule has 1 aliphatic carbocycles. The Labute approximate surface area is 197 Å². The molecule has 0 saturated heterocycles. The molecule has 6 rings (SSSR count). The number of rotatable bonds is 4. The molecule has 0 radical (unpaired) electrons. The van der Waals surface area contributed by atoms with Crippen molar-refractivity contribution in [1.82, 2.24) is 34.1 Å². The minimum atomic E-state index is -4.35. The van der Waals surface area contributed by atoms with E-state index in [2.05, 4.69) is 25.6 Å². The lowest BCUT2D eigenvalue weighted by Gasteiger charge is -2.42. The Kier molecular flexibility index (Phi) is 4.57. The monoisotopic (exact) mass is 488 g/mol. The first-order chi connectivity index (χ1) is 16.3. The van der Waals surface area contributed by atoms with Gasteiger partial charge in [-0.1, -0.05) is 18.0 Å². The number of halogens is 4. The predicted octanol–water partition coefficient (Wildman–Crippen LogP) is 4.94. The van der Waals surface area contributed by atoms with E-state index in [0.29, 0.717) is 41.9 Å². The summed E-state index contributed by atoms with van der Waals surface area (Å²) in [5.41, 5.74) is 0.393. The third-order valence-corrected chi connectivity index (χ3v) is 7.16. The fourth-order valence-corrected chi connectivity index (χ4v) is 5.03. The van der Waals surface area contributed by atoms with E-state index in [4.69, 9.17) is 11.6 Å². The van der Waals surface area contributed by atoms with Crippen LogP contribution in [-0.4, -0.2) is 40.3 Å². The molecule has 8 nitrogen and oxygen atoms in total. The minimum Gasteiger partial charge on any atom is -0.342 e. The summed E-state index contributed by atoms with van der Waals surface area (Å²) >= 11 is 6.47. The van der Waals surface area contributed by atoms with Gasteiger partial charge in [0, 0.05) is 49.7 Å². The Bertz CT molecular complexity index is 1400. The molecule has 34 heavy (non-hydrogen) atoms. The van der Waals surface area contributed by atoms with Crippen molar-refractivity contribution in [2.75, 3.05) is 5.32 Å². The van der Waals surface area contributed by atoms with Crippen molar-refractivity contribution >= 4 is 23.2 Å². The van der Waals surface area contributed by atoms with Gasteiger partial charge in [-0.25, -0.2) is 4.98 Å². The van der Waals surface area contributed by atoms with Crippen LogP contribution in [0.15, 0.2) is 36.8 Å². The number of fused-ring (bicyclic) bond motifs is 3. The molecule has 0 amide bonds. The lowest BCUT2D eigenvalue weighted by Crippen LogP contribution is -2.50. The van der Waals surface area contributed by atoms with Gasteiger partial charge in [-0.2, -0.15) is 18.3 Å². The van der Waals surface area contributed by atoms with Crippen molar-refractivity contribution in [2.45, 2.75) is 43.9 Å². The molecular weight excluding hydrogens is 469 g/mol. The maximum Gasteiger partial charge on any atom is 0.401 e. The third-order valence-electron chi connectivity index (χ3n) is 6.86. The Hall–Kier alpha value is -3.34. The quantitative estimate of drug-likeness (QED) is 0.440. The standard InChI is InChI=1S/C22H20ClF3N8/c1-32-18(3-6-28-32)29-17-10-14(15(23)11-27-17)13-9-16-19-30-31-20(34(19)8-7-33(16)12-13)21(4-2-5-21)22(24,25)26/h3,6,9-12H,2,4-5,7-8H2,1H3,(H,27,29). The number of aryl methyl sites for hydroxylation is 2. The first kappa shape index (κ1) is 21.2. The third kappa shape index (κ3) is 3.06. The van der Waals surface area contributed by atoms with E-state index in [9.17, 15) is 13.2 Å². The van der Waals surface area contributed by atoms with Crippen LogP contribution in [0.5, 0.6) is 0 Å². The first-order valence-electron chi connectivity index (χ1n) is 10.9. The van der Waals surface area contributed by atoms with E-state index >= 15 is 0 Å². The van der Waals surface area contributed by atoms with Crippen LogP contribution in [0.4, 0.5) is 24.8 Å². The van der Waals surface area contributed by atoms with Gasteiger partial charge in [0.1, 0.15) is 22.9 Å². The molecule has 1 N–H and O–H groups in total. The summed E-state index contributed by atoms with van der Waals surface area (Å²) < 4.78 is 47.1. The second-order valence-electron chi connectivity index (χ2n) is 8.75. The summed E-state index contributed by atoms with van der Waals surface area (Å²) in [5, 5.41) is 16.0. The smallest absolute Gasteiger partial charge is 0.342 e. The Morgan fingerprint density at radius 3 is 2.65 bits per heavy atom. The van der Waals surface area contributed by atoms with Gasteiger partial charge in [-0.05, 0) is 25.0 Å². The van der Waals surface area contributed by atoms with Gasteiger partial charge in [0.2, 0.25) is 0 Å². The van der Waals surface area contributed by atoms with E-state index in [1.54, 1.807) is 21.6 Å². The number of hydrogen-bond acceptors (Lipinski definition) is 5. The van der Waals surface area contributed by atoms with Crippen molar-refractivity contribution in [3.05, 3.63) is 47.6 Å². The molecule has 1 fully saturated rings. The van der Waals surface area contributed by atoms with Gasteiger partial charge < -0.3 is 14.5 Å². The molecule has 0 bridgehead atoms. The van der Waals surface area contributed by atoms with E-state index in [-0.39, 0.29) is 18.7 Å². The van der Waals surface area contributed by atoms with Crippen LogP contribution in [0, 0.1) is 0 Å². The number of nitrogens with zero attached hydrogens (tertiary/aromatic N) is 7. The van der Waals surface area contributed by atoms with Crippen molar-refractivity contribution in [2.24, 2.45) is 7.05 Å². The average Bonchev–Trinajstić information content (AvgIpc) is 3.46. The van der Waals surface area contributed by atoms with Gasteiger partial charge in [-0.3, -0.25) is 4.68 Å². The number of pyridine rings is 1. The molecule has 1 aliphatic heterocycles. The number of anilines is 2. The van der Waals surface area contributed by atoms with Gasteiger partial charge in [0.05, 0.1) is 16.9 Å². The van der Waals surface area contributed by atoms with Crippen molar-refractivity contribution in [1.29, 1.82) is 0 Å². The molecule has 4 aromatic rings. The van der Waals surface area contributed by atoms with Crippen molar-refractivity contribution < 1.29 is 13.2 Å². The highest BCUT2D eigenvalue weighted by atomic mass is 35.5. The second-order valence-corrected chi connectivity index (χ2v) is 9.16. The highest BCUT2D eigenvalue weighted by Gasteiger charge is 2.62. The molecule has 176 valence electrons. The number of nitrogens with one attached hydrogen (secondary N) is 1. The molecule has 5 heterocycles. The van der Waals surface area contributed by atoms with E-state index in [1.165, 1.54) is 0 Å². The number of hydrogen-bond donors (Lipinski definition) is 1. The molecular formula is C22H20ClF3N8. The second kappa shape index (κ2) is 7.33. The molecule has 1 saturated carbocycles. The summed E-state index contributed by atoms with van der Waals surface area (Å²) in [6, 6.07) is 5.55. The maximum absolute atomic E-state index is 13.9. The largest absolute Gasteiger partial charge is 0.401 e. The summed E-state index contributed by atoms with van der Waals surface area (Å²) in [6.07, 6.45) is 1.49. The minimum absolute atomic E-state index is 0.0276. The van der Waals surface area contributed by atoms with Crippen molar-refractivity contribution in [3.8, 4) is 22.6 Å².